The average Bonchev–Trinajstić information content (AvgIpc) is 2.17. The molecule has 0 saturated carbocycles. The van der Waals surface area contributed by atoms with Crippen LogP contribution >= 0.6 is 15.9 Å². The van der Waals surface area contributed by atoms with Gasteiger partial charge in [0.25, 0.3) is 0 Å². The van der Waals surface area contributed by atoms with E-state index in [1.807, 2.05) is 0 Å². The van der Waals surface area contributed by atoms with E-state index in [0.717, 1.165) is 10.0 Å². The van der Waals surface area contributed by atoms with Gasteiger partial charge < -0.3 is 10.5 Å². The lowest BCUT2D eigenvalue weighted by atomic mass is 10.1. The van der Waals surface area contributed by atoms with Gasteiger partial charge in [-0.1, -0.05) is 0 Å². The van der Waals surface area contributed by atoms with E-state index in [2.05, 4.69) is 22.0 Å². The third-order valence-electron chi connectivity index (χ3n) is 1.72. The van der Waals surface area contributed by atoms with Crippen molar-refractivity contribution < 1.29 is 4.74 Å². The van der Waals surface area contributed by atoms with Gasteiger partial charge >= 0.3 is 0 Å². The van der Waals surface area contributed by atoms with E-state index in [9.17, 15) is 0 Å². The van der Waals surface area contributed by atoms with E-state index in [4.69, 9.17) is 15.7 Å². The molecule has 13 heavy (non-hydrogen) atoms. The maximum Gasteiger partial charge on any atom is 0.133 e. The first-order valence-corrected chi connectivity index (χ1v) is 4.48. The molecule has 1 aromatic carbocycles. The number of methoxy groups -OCH3 is 1. The van der Waals surface area contributed by atoms with Crippen molar-refractivity contribution in [2.75, 3.05) is 7.11 Å². The summed E-state index contributed by atoms with van der Waals surface area (Å²) in [5.74, 6) is 0.694. The van der Waals surface area contributed by atoms with Gasteiger partial charge in [0.2, 0.25) is 0 Å². The Morgan fingerprint density at radius 3 is 2.77 bits per heavy atom. The Balaban J connectivity index is 3.28. The molecular formula is C9H9BrN2O. The third-order valence-corrected chi connectivity index (χ3v) is 2.34. The van der Waals surface area contributed by atoms with Crippen LogP contribution in [-0.4, -0.2) is 7.11 Å². The molecule has 0 aliphatic carbocycles. The zero-order valence-corrected chi connectivity index (χ0v) is 8.76. The van der Waals surface area contributed by atoms with Gasteiger partial charge in [-0.3, -0.25) is 0 Å². The molecule has 4 heteroatoms. The van der Waals surface area contributed by atoms with Crippen molar-refractivity contribution in [2.45, 2.75) is 6.54 Å². The second-order valence-corrected chi connectivity index (χ2v) is 3.31. The van der Waals surface area contributed by atoms with Crippen LogP contribution in [0.2, 0.25) is 0 Å². The monoisotopic (exact) mass is 240 g/mol. The molecule has 0 radical (unpaired) electrons. The van der Waals surface area contributed by atoms with Crippen molar-refractivity contribution in [1.29, 1.82) is 5.26 Å². The van der Waals surface area contributed by atoms with Crippen molar-refractivity contribution in [2.24, 2.45) is 5.73 Å². The average molecular weight is 241 g/mol. The number of benzene rings is 1. The molecule has 68 valence electrons. The Morgan fingerprint density at radius 1 is 1.62 bits per heavy atom. The zero-order chi connectivity index (χ0) is 9.84. The molecule has 0 atom stereocenters. The van der Waals surface area contributed by atoms with Crippen molar-refractivity contribution in [3.05, 3.63) is 27.7 Å². The molecule has 0 aromatic heterocycles. The molecule has 0 heterocycles. The molecule has 1 aromatic rings. The van der Waals surface area contributed by atoms with E-state index in [-0.39, 0.29) is 0 Å². The number of hydrogen-bond donors (Lipinski definition) is 1. The van der Waals surface area contributed by atoms with E-state index in [1.54, 1.807) is 19.2 Å². The molecule has 0 unspecified atom stereocenters. The maximum absolute atomic E-state index is 8.77. The summed E-state index contributed by atoms with van der Waals surface area (Å²) in [7, 11) is 1.58. The minimum absolute atomic E-state index is 0.340. The van der Waals surface area contributed by atoms with Crippen molar-refractivity contribution >= 4 is 15.9 Å². The number of ether oxygens (including phenoxy) is 1. The largest absolute Gasteiger partial charge is 0.496 e. The number of nitrogens with two attached hydrogens (primary N) is 1. The third kappa shape index (κ3) is 2.00. The predicted octanol–water partition coefficient (Wildman–Crippen LogP) is 1.79. The first kappa shape index (κ1) is 10.0. The van der Waals surface area contributed by atoms with Gasteiger partial charge in [-0.15, -0.1) is 0 Å². The number of hydrogen-bond acceptors (Lipinski definition) is 3. The first-order valence-electron chi connectivity index (χ1n) is 3.69. The summed E-state index contributed by atoms with van der Waals surface area (Å²) in [6.45, 7) is 0.340. The predicted molar refractivity (Wildman–Crippen MR) is 53.3 cm³/mol. The second kappa shape index (κ2) is 4.26. The summed E-state index contributed by atoms with van der Waals surface area (Å²) in [6, 6.07) is 5.55. The van der Waals surface area contributed by atoms with E-state index in [0.29, 0.717) is 17.9 Å². The van der Waals surface area contributed by atoms with Crippen molar-refractivity contribution in [1.82, 2.24) is 0 Å². The highest BCUT2D eigenvalue weighted by Gasteiger charge is 2.06. The van der Waals surface area contributed by atoms with Crippen LogP contribution in [0.1, 0.15) is 11.1 Å². The van der Waals surface area contributed by atoms with Gasteiger partial charge in [0.1, 0.15) is 5.75 Å². The van der Waals surface area contributed by atoms with E-state index < -0.39 is 0 Å². The van der Waals surface area contributed by atoms with Gasteiger partial charge in [-0.25, -0.2) is 0 Å². The fraction of sp³-hybridized carbons (Fsp3) is 0.222. The summed E-state index contributed by atoms with van der Waals surface area (Å²) in [6.07, 6.45) is 0. The minimum Gasteiger partial charge on any atom is -0.496 e. The molecule has 0 saturated heterocycles. The molecule has 1 rings (SSSR count). The highest BCUT2D eigenvalue weighted by molar-refractivity contribution is 9.10. The maximum atomic E-state index is 8.77. The lowest BCUT2D eigenvalue weighted by molar-refractivity contribution is 0.411. The number of halogens is 1. The summed E-state index contributed by atoms with van der Waals surface area (Å²) >= 11 is 3.29. The standard InChI is InChI=1S/C9H9BrN2O/c1-13-9-3-7(5-12)6(4-11)2-8(9)10/h2-3H,5,12H2,1H3. The Bertz CT molecular complexity index is 357. The van der Waals surface area contributed by atoms with Crippen LogP contribution in [-0.2, 0) is 6.54 Å². The molecular weight excluding hydrogens is 232 g/mol. The van der Waals surface area contributed by atoms with Gasteiger partial charge in [0.15, 0.2) is 0 Å². The summed E-state index contributed by atoms with van der Waals surface area (Å²) in [5, 5.41) is 8.77. The van der Waals surface area contributed by atoms with Crippen LogP contribution in [0, 0.1) is 11.3 Å². The number of nitriles is 1. The molecule has 3 nitrogen and oxygen atoms in total. The minimum atomic E-state index is 0.340. The van der Waals surface area contributed by atoms with Gasteiger partial charge in [0, 0.05) is 6.54 Å². The lowest BCUT2D eigenvalue weighted by Crippen LogP contribution is -2.00. The SMILES string of the molecule is COc1cc(CN)c(C#N)cc1Br. The van der Waals surface area contributed by atoms with Crippen molar-refractivity contribution in [3.8, 4) is 11.8 Å². The molecule has 0 spiro atoms. The first-order chi connectivity index (χ1) is 6.22. The highest BCUT2D eigenvalue weighted by Crippen LogP contribution is 2.27. The normalized spacial score (nSPS) is 9.38. The quantitative estimate of drug-likeness (QED) is 0.858. The van der Waals surface area contributed by atoms with Gasteiger partial charge in [-0.2, -0.15) is 5.26 Å². The van der Waals surface area contributed by atoms with Crippen LogP contribution < -0.4 is 10.5 Å². The van der Waals surface area contributed by atoms with E-state index in [1.165, 1.54) is 0 Å². The molecule has 0 amide bonds. The summed E-state index contributed by atoms with van der Waals surface area (Å²) in [4.78, 5) is 0. The molecule has 0 aliphatic rings. The van der Waals surface area contributed by atoms with Crippen LogP contribution in [0.15, 0.2) is 16.6 Å². The van der Waals surface area contributed by atoms with Crippen molar-refractivity contribution in [3.63, 3.8) is 0 Å². The Kier molecular flexibility index (Phi) is 3.29. The summed E-state index contributed by atoms with van der Waals surface area (Å²) in [5.41, 5.74) is 6.85. The summed E-state index contributed by atoms with van der Waals surface area (Å²) < 4.78 is 5.84. The number of nitrogens with zero attached hydrogens (tertiary/aromatic N) is 1. The van der Waals surface area contributed by atoms with Crippen LogP contribution in [0.25, 0.3) is 0 Å². The Labute approximate surface area is 85.2 Å². The smallest absolute Gasteiger partial charge is 0.133 e. The fourth-order valence-electron chi connectivity index (χ4n) is 1.02. The second-order valence-electron chi connectivity index (χ2n) is 2.46. The van der Waals surface area contributed by atoms with Gasteiger partial charge in [-0.05, 0) is 33.6 Å². The van der Waals surface area contributed by atoms with Crippen LogP contribution in [0.3, 0.4) is 0 Å². The lowest BCUT2D eigenvalue weighted by Gasteiger charge is -2.06. The topological polar surface area (TPSA) is 59.0 Å². The number of rotatable bonds is 2. The molecule has 0 aliphatic heterocycles. The zero-order valence-electron chi connectivity index (χ0n) is 7.17. The highest BCUT2D eigenvalue weighted by atomic mass is 79.9. The van der Waals surface area contributed by atoms with Crippen LogP contribution in [0.4, 0.5) is 0 Å². The fourth-order valence-corrected chi connectivity index (χ4v) is 1.53. The van der Waals surface area contributed by atoms with Gasteiger partial charge in [0.05, 0.1) is 23.2 Å². The van der Waals surface area contributed by atoms with Crippen LogP contribution in [0.5, 0.6) is 5.75 Å². The van der Waals surface area contributed by atoms with E-state index >= 15 is 0 Å². The molecule has 0 fully saturated rings. The molecule has 0 bridgehead atoms. The Hall–Kier alpha value is -1.05. The Morgan fingerprint density at radius 2 is 2.31 bits per heavy atom. The molecule has 2 N–H and O–H groups in total.